The Bertz CT molecular complexity index is 449. The normalized spacial score (nSPS) is 20.5. The van der Waals surface area contributed by atoms with Crippen molar-refractivity contribution in [2.45, 2.75) is 116 Å². The quantitative estimate of drug-likeness (QED) is 0.415. The number of hydrogen-bond acceptors (Lipinski definition) is 4. The Morgan fingerprint density at radius 2 is 1.30 bits per heavy atom. The van der Waals surface area contributed by atoms with Crippen molar-refractivity contribution in [1.29, 1.82) is 0 Å². The molecule has 0 spiro atoms. The second kappa shape index (κ2) is 12.9. The largest absolute Gasteiger partial charge is 0.333 e. The smallest absolute Gasteiger partial charge is 0.330 e. The summed E-state index contributed by atoms with van der Waals surface area (Å²) in [7, 11) is 0. The lowest BCUT2D eigenvalue weighted by molar-refractivity contribution is -0.197. The molecule has 1 saturated carbocycles. The van der Waals surface area contributed by atoms with Crippen molar-refractivity contribution in [3.8, 4) is 0 Å². The Morgan fingerprint density at radius 1 is 0.778 bits per heavy atom. The van der Waals surface area contributed by atoms with E-state index >= 15 is 0 Å². The first-order valence-corrected chi connectivity index (χ1v) is 11.2. The van der Waals surface area contributed by atoms with Crippen LogP contribution >= 0.6 is 0 Å². The van der Waals surface area contributed by atoms with Crippen molar-refractivity contribution in [2.75, 3.05) is 0 Å². The van der Waals surface area contributed by atoms with Crippen LogP contribution in [0, 0.1) is 5.92 Å². The number of imide groups is 1. The maximum atomic E-state index is 11.8. The molecule has 5 nitrogen and oxygen atoms in total. The van der Waals surface area contributed by atoms with E-state index < -0.39 is 17.8 Å². The van der Waals surface area contributed by atoms with E-state index in [0.29, 0.717) is 5.06 Å². The van der Waals surface area contributed by atoms with Gasteiger partial charge in [-0.3, -0.25) is 9.59 Å². The molecule has 154 valence electrons. The summed E-state index contributed by atoms with van der Waals surface area (Å²) < 4.78 is 0. The number of carbonyl (C=O) groups is 3. The first-order chi connectivity index (χ1) is 13.2. The van der Waals surface area contributed by atoms with Crippen LogP contribution < -0.4 is 0 Å². The molecule has 1 saturated heterocycles. The molecular formula is C22H37NO4. The molecule has 2 rings (SSSR count). The van der Waals surface area contributed by atoms with Gasteiger partial charge in [0, 0.05) is 19.3 Å². The van der Waals surface area contributed by atoms with Crippen LogP contribution in [-0.4, -0.2) is 22.8 Å². The van der Waals surface area contributed by atoms with Gasteiger partial charge in [-0.2, -0.15) is 0 Å². The molecule has 5 heteroatoms. The van der Waals surface area contributed by atoms with Crippen molar-refractivity contribution in [2.24, 2.45) is 5.92 Å². The zero-order valence-corrected chi connectivity index (χ0v) is 16.9. The lowest BCUT2D eigenvalue weighted by Crippen LogP contribution is -2.31. The van der Waals surface area contributed by atoms with Gasteiger partial charge in [0.2, 0.25) is 0 Å². The summed E-state index contributed by atoms with van der Waals surface area (Å²) in [5, 5.41) is 0.643. The number of rotatable bonds is 8. The van der Waals surface area contributed by atoms with Crippen molar-refractivity contribution in [3.05, 3.63) is 0 Å². The highest BCUT2D eigenvalue weighted by Crippen LogP contribution is 2.25. The van der Waals surface area contributed by atoms with Crippen LogP contribution in [0.2, 0.25) is 0 Å². The maximum Gasteiger partial charge on any atom is 0.333 e. The lowest BCUT2D eigenvalue weighted by atomic mass is 9.90. The molecule has 0 radical (unpaired) electrons. The number of carbonyl (C=O) groups excluding carboxylic acids is 3. The molecule has 2 aliphatic rings. The summed E-state index contributed by atoms with van der Waals surface area (Å²) in [4.78, 5) is 39.5. The molecule has 27 heavy (non-hydrogen) atoms. The molecule has 2 amide bonds. The van der Waals surface area contributed by atoms with Gasteiger partial charge in [-0.15, -0.1) is 5.06 Å². The summed E-state index contributed by atoms with van der Waals surface area (Å²) in [6, 6.07) is 0. The molecule has 1 aliphatic heterocycles. The fraction of sp³-hybridized carbons (Fsp3) is 0.864. The molecule has 0 aromatic heterocycles. The zero-order valence-electron chi connectivity index (χ0n) is 16.9. The first-order valence-electron chi connectivity index (χ1n) is 11.2. The summed E-state index contributed by atoms with van der Waals surface area (Å²) in [6.45, 7) is 0. The molecule has 0 aromatic carbocycles. The van der Waals surface area contributed by atoms with Crippen molar-refractivity contribution in [1.82, 2.24) is 5.06 Å². The SMILES string of the molecule is O=C(CCCCCCC1CCCCCCCCCC1)ON1C(=O)CCC1=O. The van der Waals surface area contributed by atoms with E-state index in [2.05, 4.69) is 0 Å². The zero-order chi connectivity index (χ0) is 19.3. The average Bonchev–Trinajstić information content (AvgIpc) is 2.93. The third kappa shape index (κ3) is 8.89. The predicted molar refractivity (Wildman–Crippen MR) is 105 cm³/mol. The van der Waals surface area contributed by atoms with Crippen molar-refractivity contribution >= 4 is 17.8 Å². The van der Waals surface area contributed by atoms with Gasteiger partial charge in [0.25, 0.3) is 11.8 Å². The highest BCUT2D eigenvalue weighted by molar-refractivity contribution is 6.01. The molecular weight excluding hydrogens is 342 g/mol. The topological polar surface area (TPSA) is 63.7 Å². The van der Waals surface area contributed by atoms with E-state index in [4.69, 9.17) is 4.84 Å². The number of unbranched alkanes of at least 4 members (excludes halogenated alkanes) is 3. The fourth-order valence-electron chi connectivity index (χ4n) is 4.22. The molecule has 0 N–H and O–H groups in total. The minimum absolute atomic E-state index is 0.146. The fourth-order valence-corrected chi connectivity index (χ4v) is 4.22. The molecule has 1 aliphatic carbocycles. The van der Waals surface area contributed by atoms with Crippen LogP contribution in [0.4, 0.5) is 0 Å². The van der Waals surface area contributed by atoms with Crippen LogP contribution in [0.5, 0.6) is 0 Å². The van der Waals surface area contributed by atoms with E-state index in [1.807, 2.05) is 0 Å². The van der Waals surface area contributed by atoms with Gasteiger partial charge < -0.3 is 4.84 Å². The lowest BCUT2D eigenvalue weighted by Gasteiger charge is -2.16. The van der Waals surface area contributed by atoms with Crippen LogP contribution in [0.1, 0.15) is 116 Å². The molecule has 0 unspecified atom stereocenters. The minimum atomic E-state index is -0.470. The maximum absolute atomic E-state index is 11.8. The molecule has 0 aromatic rings. The number of nitrogens with zero attached hydrogens (tertiary/aromatic N) is 1. The summed E-state index contributed by atoms with van der Waals surface area (Å²) in [6.07, 6.45) is 20.1. The Labute approximate surface area is 164 Å². The molecule has 0 bridgehead atoms. The van der Waals surface area contributed by atoms with Gasteiger partial charge in [-0.1, -0.05) is 89.9 Å². The highest BCUT2D eigenvalue weighted by Gasteiger charge is 2.32. The van der Waals surface area contributed by atoms with Gasteiger partial charge in [0.1, 0.15) is 0 Å². The minimum Gasteiger partial charge on any atom is -0.330 e. The third-order valence-electron chi connectivity index (χ3n) is 5.92. The second-order valence-corrected chi connectivity index (χ2v) is 8.27. The average molecular weight is 380 g/mol. The van der Waals surface area contributed by atoms with Gasteiger partial charge in [-0.05, 0) is 12.3 Å². The molecule has 2 fully saturated rings. The van der Waals surface area contributed by atoms with E-state index in [1.165, 1.54) is 77.0 Å². The molecule has 0 atom stereocenters. The molecule has 1 heterocycles. The highest BCUT2D eigenvalue weighted by atomic mass is 16.7. The number of hydrogen-bond donors (Lipinski definition) is 0. The van der Waals surface area contributed by atoms with E-state index in [9.17, 15) is 14.4 Å². The number of amides is 2. The second-order valence-electron chi connectivity index (χ2n) is 8.27. The van der Waals surface area contributed by atoms with Gasteiger partial charge in [-0.25, -0.2) is 4.79 Å². The van der Waals surface area contributed by atoms with Crippen molar-refractivity contribution in [3.63, 3.8) is 0 Å². The Hall–Kier alpha value is -1.39. The van der Waals surface area contributed by atoms with Gasteiger partial charge >= 0.3 is 5.97 Å². The van der Waals surface area contributed by atoms with E-state index in [0.717, 1.165) is 25.2 Å². The number of hydroxylamine groups is 2. The Balaban J connectivity index is 1.51. The predicted octanol–water partition coefficient (Wildman–Crippen LogP) is 5.47. The first kappa shape index (κ1) is 21.9. The van der Waals surface area contributed by atoms with Crippen molar-refractivity contribution < 1.29 is 19.2 Å². The van der Waals surface area contributed by atoms with Crippen LogP contribution in [-0.2, 0) is 19.2 Å². The Kier molecular flexibility index (Phi) is 10.5. The standard InChI is InChI=1S/C22H37NO4/c24-20-17-18-21(25)23(20)27-22(26)16-12-8-7-11-15-19-13-9-5-3-1-2-4-6-10-14-19/h19H,1-18H2. The van der Waals surface area contributed by atoms with Crippen LogP contribution in [0.25, 0.3) is 0 Å². The van der Waals surface area contributed by atoms with Crippen LogP contribution in [0.3, 0.4) is 0 Å². The summed E-state index contributed by atoms with van der Waals surface area (Å²) in [5.74, 6) is -0.397. The Morgan fingerprint density at radius 3 is 1.89 bits per heavy atom. The summed E-state index contributed by atoms with van der Waals surface area (Å²) >= 11 is 0. The van der Waals surface area contributed by atoms with E-state index in [-0.39, 0.29) is 19.3 Å². The monoisotopic (exact) mass is 379 g/mol. The van der Waals surface area contributed by atoms with Gasteiger partial charge in [0.15, 0.2) is 0 Å². The van der Waals surface area contributed by atoms with E-state index in [1.54, 1.807) is 0 Å². The third-order valence-corrected chi connectivity index (χ3v) is 5.92. The van der Waals surface area contributed by atoms with Gasteiger partial charge in [0.05, 0.1) is 0 Å². The van der Waals surface area contributed by atoms with Crippen LogP contribution in [0.15, 0.2) is 0 Å². The summed E-state index contributed by atoms with van der Waals surface area (Å²) in [5.41, 5.74) is 0.